The first-order valence-electron chi connectivity index (χ1n) is 17.3. The summed E-state index contributed by atoms with van der Waals surface area (Å²) in [4.78, 5) is 65.6. The normalized spacial score (nSPS) is 22.4. The molecule has 8 rings (SSSR count). The average molecular weight is 764 g/mol. The zero-order valence-electron chi connectivity index (χ0n) is 29.1. The number of fused-ring (bicyclic) bond motifs is 2. The fourth-order valence-corrected chi connectivity index (χ4v) is 8.26. The minimum atomic E-state index is -1.39. The molecule has 18 heteroatoms. The number of hydrogen-bond donors (Lipinski definition) is 2. The highest BCUT2D eigenvalue weighted by molar-refractivity contribution is 8.00. The Kier molecular flexibility index (Phi) is 9.23. The maximum atomic E-state index is 16.0. The highest BCUT2D eigenvalue weighted by Gasteiger charge is 2.39. The van der Waals surface area contributed by atoms with Crippen molar-refractivity contribution in [3.63, 3.8) is 0 Å². The van der Waals surface area contributed by atoms with Crippen LogP contribution in [0.25, 0.3) is 10.9 Å². The van der Waals surface area contributed by atoms with Gasteiger partial charge < -0.3 is 29.2 Å². The van der Waals surface area contributed by atoms with Crippen molar-refractivity contribution in [2.75, 3.05) is 55.6 Å². The molecule has 3 atom stereocenters. The van der Waals surface area contributed by atoms with Gasteiger partial charge in [0.2, 0.25) is 5.43 Å². The van der Waals surface area contributed by atoms with Crippen LogP contribution in [0.5, 0.6) is 5.75 Å². The van der Waals surface area contributed by atoms with Gasteiger partial charge in [-0.05, 0) is 50.1 Å². The van der Waals surface area contributed by atoms with E-state index in [2.05, 4.69) is 9.98 Å². The fraction of sp³-hybridized carbons (Fsp3) is 0.389. The van der Waals surface area contributed by atoms with E-state index >= 15 is 4.39 Å². The van der Waals surface area contributed by atoms with E-state index in [1.807, 2.05) is 16.7 Å². The molecule has 4 aromatic rings. The first-order valence-corrected chi connectivity index (χ1v) is 18.4. The molecule has 282 valence electrons. The molecular formula is C36H35F2N7O8S. The summed E-state index contributed by atoms with van der Waals surface area (Å²) in [6, 6.07) is 6.21. The second-order valence-electron chi connectivity index (χ2n) is 13.6. The van der Waals surface area contributed by atoms with Crippen LogP contribution in [-0.4, -0.2) is 104 Å². The number of rotatable bonds is 9. The number of nitrogens with zero attached hydrogens (tertiary/aromatic N) is 7. The lowest BCUT2D eigenvalue weighted by Crippen LogP contribution is -2.55. The van der Waals surface area contributed by atoms with Gasteiger partial charge in [-0.15, -0.1) is 11.8 Å². The quantitative estimate of drug-likeness (QED) is 0.256. The summed E-state index contributed by atoms with van der Waals surface area (Å²) in [5, 5.41) is 19.0. The molecule has 2 aromatic carbocycles. The summed E-state index contributed by atoms with van der Waals surface area (Å²) in [6.45, 7) is 2.82. The molecule has 1 unspecified atom stereocenters. The zero-order chi connectivity index (χ0) is 38.0. The van der Waals surface area contributed by atoms with Crippen LogP contribution < -0.4 is 25.7 Å². The number of aromatic nitrogens is 3. The monoisotopic (exact) mass is 763 g/mol. The SMILES string of the molecule is COc1c(N2CCN(CN3C(=O)C(=Nc4ccn([C@H]5CS[C@@H](CO)O5)c(=O)n4)c4cc(F)ccc43)C(C)C2)c(F)cc2c(=O)c(C(=O)O)cn(C3CC3)c12. The number of anilines is 2. The van der Waals surface area contributed by atoms with Gasteiger partial charge in [0.25, 0.3) is 5.91 Å². The molecule has 4 aliphatic rings. The predicted molar refractivity (Wildman–Crippen MR) is 195 cm³/mol. The standard InChI is InChI=1S/C36H35F2N7O8S/c1-18-13-41(31-24(38)12-22-30(33(31)52-2)44(20-4-5-20)14-23(32(22)47)35(49)50)9-10-42(18)17-45-25-6-3-19(37)11-21(25)29(34(45)48)39-26-7-8-43(36(51)40-26)27-16-54-28(15-46)53-27/h3,6-8,11-12,14,18,20,27-28,46H,4-5,9-10,13,15-17H2,1-2H3,(H,49,50)/t18?,27-,28+/m1/s1. The number of methoxy groups -OCH3 is 1. The molecule has 2 aromatic heterocycles. The Hall–Kier alpha value is -5.17. The number of pyridine rings is 1. The van der Waals surface area contributed by atoms with Gasteiger partial charge in [-0.25, -0.2) is 23.4 Å². The molecule has 1 amide bonds. The lowest BCUT2D eigenvalue weighted by molar-refractivity contribution is -0.112. The number of aliphatic imine (C=N–C) groups is 1. The number of carboxylic acid groups (broad SMARTS) is 1. The average Bonchev–Trinajstić information content (AvgIpc) is 3.83. The van der Waals surface area contributed by atoms with Crippen LogP contribution in [0.4, 0.5) is 26.0 Å². The molecule has 3 fully saturated rings. The van der Waals surface area contributed by atoms with E-state index in [9.17, 15) is 33.8 Å². The molecule has 5 heterocycles. The Morgan fingerprint density at radius 2 is 1.93 bits per heavy atom. The van der Waals surface area contributed by atoms with E-state index in [4.69, 9.17) is 9.47 Å². The van der Waals surface area contributed by atoms with Crippen LogP contribution in [0.15, 0.2) is 57.3 Å². The van der Waals surface area contributed by atoms with Crippen LogP contribution in [0, 0.1) is 11.6 Å². The highest BCUT2D eigenvalue weighted by atomic mass is 32.2. The third-order valence-electron chi connectivity index (χ3n) is 10.2. The molecule has 1 aliphatic carbocycles. The summed E-state index contributed by atoms with van der Waals surface area (Å²) in [5.41, 5.74) is -1.25. The van der Waals surface area contributed by atoms with Crippen molar-refractivity contribution in [2.45, 2.75) is 43.5 Å². The number of thioether (sulfide) groups is 1. The van der Waals surface area contributed by atoms with Crippen LogP contribution >= 0.6 is 11.8 Å². The molecule has 2 N–H and O–H groups in total. The van der Waals surface area contributed by atoms with E-state index in [0.717, 1.165) is 18.9 Å². The lowest BCUT2D eigenvalue weighted by Gasteiger charge is -2.42. The summed E-state index contributed by atoms with van der Waals surface area (Å²) < 4.78 is 45.0. The topological polar surface area (TPSA) is 172 Å². The smallest absolute Gasteiger partial charge is 0.351 e. The Morgan fingerprint density at radius 3 is 2.59 bits per heavy atom. The van der Waals surface area contributed by atoms with Gasteiger partial charge in [-0.2, -0.15) is 4.98 Å². The van der Waals surface area contributed by atoms with Crippen molar-refractivity contribution >= 4 is 57.4 Å². The van der Waals surface area contributed by atoms with Crippen molar-refractivity contribution in [3.8, 4) is 5.75 Å². The maximum absolute atomic E-state index is 16.0. The van der Waals surface area contributed by atoms with Crippen LogP contribution in [0.1, 0.15) is 48.0 Å². The van der Waals surface area contributed by atoms with E-state index in [1.165, 1.54) is 65.0 Å². The summed E-state index contributed by atoms with van der Waals surface area (Å²) in [5.74, 6) is -2.66. The van der Waals surface area contributed by atoms with E-state index in [0.29, 0.717) is 36.6 Å². The van der Waals surface area contributed by atoms with Gasteiger partial charge in [0.05, 0.1) is 37.0 Å². The summed E-state index contributed by atoms with van der Waals surface area (Å²) in [6.07, 6.45) is 3.71. The number of aliphatic hydroxyl groups excluding tert-OH is 1. The van der Waals surface area contributed by atoms with E-state index in [-0.39, 0.29) is 59.3 Å². The fourth-order valence-electron chi connectivity index (χ4n) is 7.33. The van der Waals surface area contributed by atoms with Gasteiger partial charge in [0, 0.05) is 55.4 Å². The Labute approximate surface area is 310 Å². The van der Waals surface area contributed by atoms with Crippen molar-refractivity contribution in [2.24, 2.45) is 4.99 Å². The molecular weight excluding hydrogens is 728 g/mol. The number of ether oxygens (including phenoxy) is 2. The number of piperazine rings is 1. The van der Waals surface area contributed by atoms with Gasteiger partial charge in [0.1, 0.15) is 34.4 Å². The van der Waals surface area contributed by atoms with Gasteiger partial charge >= 0.3 is 11.7 Å². The van der Waals surface area contributed by atoms with Crippen molar-refractivity contribution < 1.29 is 38.1 Å². The maximum Gasteiger partial charge on any atom is 0.351 e. The number of benzene rings is 2. The second-order valence-corrected chi connectivity index (χ2v) is 14.8. The highest BCUT2D eigenvalue weighted by Crippen LogP contribution is 2.44. The number of aromatic carboxylic acids is 1. The van der Waals surface area contributed by atoms with Crippen molar-refractivity contribution in [1.29, 1.82) is 0 Å². The zero-order valence-corrected chi connectivity index (χ0v) is 30.0. The number of carbonyl (C=O) groups excluding carboxylic acids is 1. The van der Waals surface area contributed by atoms with Crippen LogP contribution in [0.3, 0.4) is 0 Å². The Morgan fingerprint density at radius 1 is 1.13 bits per heavy atom. The van der Waals surface area contributed by atoms with Gasteiger partial charge in [-0.3, -0.25) is 24.0 Å². The molecule has 3 aliphatic heterocycles. The van der Waals surface area contributed by atoms with E-state index < -0.39 is 51.9 Å². The van der Waals surface area contributed by atoms with Crippen LogP contribution in [-0.2, 0) is 9.53 Å². The minimum absolute atomic E-state index is 0.0411. The third-order valence-corrected chi connectivity index (χ3v) is 11.3. The molecule has 15 nitrogen and oxygen atoms in total. The molecule has 2 saturated heterocycles. The lowest BCUT2D eigenvalue weighted by atomic mass is 10.1. The molecule has 0 spiro atoms. The first kappa shape index (κ1) is 35.8. The number of carbonyl (C=O) groups is 2. The van der Waals surface area contributed by atoms with Crippen molar-refractivity contribution in [1.82, 2.24) is 19.0 Å². The first-order chi connectivity index (χ1) is 26.0. The third kappa shape index (κ3) is 6.21. The summed E-state index contributed by atoms with van der Waals surface area (Å²) in [7, 11) is 1.39. The predicted octanol–water partition coefficient (Wildman–Crippen LogP) is 3.09. The number of hydrogen-bond acceptors (Lipinski definition) is 12. The molecule has 1 saturated carbocycles. The van der Waals surface area contributed by atoms with Crippen molar-refractivity contribution in [3.05, 3.63) is 86.2 Å². The number of carboxylic acids is 1. The largest absolute Gasteiger partial charge is 0.492 e. The number of aliphatic hydroxyl groups is 1. The number of halogens is 2. The second kappa shape index (κ2) is 13.9. The van der Waals surface area contributed by atoms with Gasteiger partial charge in [-0.1, -0.05) is 0 Å². The Bertz CT molecular complexity index is 2370. The van der Waals surface area contributed by atoms with Gasteiger partial charge in [0.15, 0.2) is 17.4 Å². The number of amides is 1. The van der Waals surface area contributed by atoms with E-state index in [1.54, 1.807) is 4.57 Å². The molecule has 54 heavy (non-hydrogen) atoms. The van der Waals surface area contributed by atoms with Crippen LogP contribution in [0.2, 0.25) is 0 Å². The summed E-state index contributed by atoms with van der Waals surface area (Å²) >= 11 is 1.37. The molecule has 0 radical (unpaired) electrons. The molecule has 0 bridgehead atoms. The Balaban J connectivity index is 1.05. The minimum Gasteiger partial charge on any atom is -0.492 e.